The minimum absolute atomic E-state index is 0. The Balaban J connectivity index is 0.00000112. The third-order valence-electron chi connectivity index (χ3n) is 2.30. The number of rotatable bonds is 3. The number of benzene rings is 1. The van der Waals surface area contributed by atoms with Crippen LogP contribution in [-0.4, -0.2) is 12.1 Å². The highest BCUT2D eigenvalue weighted by Crippen LogP contribution is 2.33. The Hall–Kier alpha value is -0.870. The normalized spacial score (nSPS) is 16.7. The zero-order valence-electron chi connectivity index (χ0n) is 8.00. The quantitative estimate of drug-likeness (QED) is 0.872. The molecule has 2 rings (SSSR count). The summed E-state index contributed by atoms with van der Waals surface area (Å²) in [6.07, 6.45) is 1.80. The molecule has 2 N–H and O–H groups in total. The average molecular weight is 236 g/mol. The van der Waals surface area contributed by atoms with Crippen molar-refractivity contribution in [2.45, 2.75) is 18.4 Å². The van der Waals surface area contributed by atoms with Crippen molar-refractivity contribution in [1.82, 2.24) is 0 Å². The fourth-order valence-electron chi connectivity index (χ4n) is 1.12. The van der Waals surface area contributed by atoms with Crippen LogP contribution in [-0.2, 0) is 0 Å². The van der Waals surface area contributed by atoms with Crippen molar-refractivity contribution in [3.8, 4) is 5.75 Å². The molecule has 1 aliphatic rings. The van der Waals surface area contributed by atoms with E-state index in [0.717, 1.165) is 25.0 Å². The highest BCUT2D eigenvalue weighted by molar-refractivity contribution is 5.85. The molecule has 1 saturated carbocycles. The molecular weight excluding hydrogens is 224 g/mol. The number of ether oxygens (including phenoxy) is 1. The van der Waals surface area contributed by atoms with Crippen LogP contribution in [0, 0.1) is 11.6 Å². The van der Waals surface area contributed by atoms with Gasteiger partial charge < -0.3 is 10.5 Å². The van der Waals surface area contributed by atoms with E-state index in [1.165, 1.54) is 6.07 Å². The molecule has 1 aliphatic carbocycles. The van der Waals surface area contributed by atoms with Crippen LogP contribution in [0.5, 0.6) is 5.75 Å². The van der Waals surface area contributed by atoms with Gasteiger partial charge in [0.05, 0.1) is 5.54 Å². The first-order chi connectivity index (χ1) is 6.59. The molecule has 0 bridgehead atoms. The summed E-state index contributed by atoms with van der Waals surface area (Å²) in [6, 6.07) is 3.23. The van der Waals surface area contributed by atoms with Gasteiger partial charge in [0.25, 0.3) is 0 Å². The first-order valence-electron chi connectivity index (χ1n) is 4.46. The van der Waals surface area contributed by atoms with Crippen molar-refractivity contribution in [3.63, 3.8) is 0 Å². The molecule has 0 amide bonds. The maximum Gasteiger partial charge on any atom is 0.167 e. The molecule has 0 aliphatic heterocycles. The van der Waals surface area contributed by atoms with E-state index in [-0.39, 0.29) is 30.3 Å². The zero-order chi connectivity index (χ0) is 10.2. The molecule has 0 heterocycles. The standard InChI is InChI=1S/C10H11F2NO.ClH/c11-7-1-2-9(8(12)5-7)14-6-10(13)3-4-10;/h1-2,5H,3-4,6,13H2;1H. The van der Waals surface area contributed by atoms with Crippen LogP contribution >= 0.6 is 12.4 Å². The van der Waals surface area contributed by atoms with Crippen LogP contribution in [0.15, 0.2) is 18.2 Å². The van der Waals surface area contributed by atoms with Crippen molar-refractivity contribution in [3.05, 3.63) is 29.8 Å². The highest BCUT2D eigenvalue weighted by atomic mass is 35.5. The average Bonchev–Trinajstić information content (AvgIpc) is 2.83. The maximum absolute atomic E-state index is 13.0. The summed E-state index contributed by atoms with van der Waals surface area (Å²) < 4.78 is 30.7. The van der Waals surface area contributed by atoms with Gasteiger partial charge in [0.15, 0.2) is 11.6 Å². The van der Waals surface area contributed by atoms with Crippen LogP contribution < -0.4 is 10.5 Å². The van der Waals surface area contributed by atoms with Crippen molar-refractivity contribution < 1.29 is 13.5 Å². The lowest BCUT2D eigenvalue weighted by molar-refractivity contribution is 0.266. The lowest BCUT2D eigenvalue weighted by Crippen LogP contribution is -2.29. The van der Waals surface area contributed by atoms with Crippen molar-refractivity contribution >= 4 is 12.4 Å². The van der Waals surface area contributed by atoms with Gasteiger partial charge in [0.2, 0.25) is 0 Å². The minimum atomic E-state index is -0.686. The van der Waals surface area contributed by atoms with Crippen LogP contribution in [0.4, 0.5) is 8.78 Å². The molecule has 1 fully saturated rings. The molecule has 15 heavy (non-hydrogen) atoms. The Morgan fingerprint density at radius 3 is 2.53 bits per heavy atom. The van der Waals surface area contributed by atoms with E-state index < -0.39 is 11.6 Å². The second-order valence-electron chi connectivity index (χ2n) is 3.73. The van der Waals surface area contributed by atoms with Gasteiger partial charge in [0.1, 0.15) is 12.4 Å². The van der Waals surface area contributed by atoms with Gasteiger partial charge in [-0.15, -0.1) is 12.4 Å². The zero-order valence-corrected chi connectivity index (χ0v) is 8.82. The lowest BCUT2D eigenvalue weighted by atomic mass is 10.3. The fraction of sp³-hybridized carbons (Fsp3) is 0.400. The summed E-state index contributed by atoms with van der Waals surface area (Å²) in [7, 11) is 0. The van der Waals surface area contributed by atoms with Crippen LogP contribution in [0.1, 0.15) is 12.8 Å². The Kier molecular flexibility index (Phi) is 3.52. The van der Waals surface area contributed by atoms with Crippen LogP contribution in [0.2, 0.25) is 0 Å². The van der Waals surface area contributed by atoms with Gasteiger partial charge >= 0.3 is 0 Å². The lowest BCUT2D eigenvalue weighted by Gasteiger charge is -2.11. The van der Waals surface area contributed by atoms with E-state index in [0.29, 0.717) is 0 Å². The van der Waals surface area contributed by atoms with Crippen molar-refractivity contribution in [2.75, 3.05) is 6.61 Å². The monoisotopic (exact) mass is 235 g/mol. The van der Waals surface area contributed by atoms with E-state index in [4.69, 9.17) is 10.5 Å². The molecule has 1 aromatic rings. The van der Waals surface area contributed by atoms with Crippen LogP contribution in [0.25, 0.3) is 0 Å². The molecule has 0 atom stereocenters. The summed E-state index contributed by atoms with van der Waals surface area (Å²) in [4.78, 5) is 0. The highest BCUT2D eigenvalue weighted by Gasteiger charge is 2.39. The fourth-order valence-corrected chi connectivity index (χ4v) is 1.12. The summed E-state index contributed by atoms with van der Waals surface area (Å²) in [5.74, 6) is -1.24. The number of halogens is 3. The second-order valence-corrected chi connectivity index (χ2v) is 3.73. The number of nitrogens with two attached hydrogens (primary N) is 1. The molecule has 5 heteroatoms. The van der Waals surface area contributed by atoms with Gasteiger partial charge in [-0.05, 0) is 25.0 Å². The third-order valence-corrected chi connectivity index (χ3v) is 2.30. The number of hydrogen-bond acceptors (Lipinski definition) is 2. The third kappa shape index (κ3) is 3.04. The number of hydrogen-bond donors (Lipinski definition) is 1. The molecule has 0 saturated heterocycles. The largest absolute Gasteiger partial charge is 0.489 e. The van der Waals surface area contributed by atoms with Gasteiger partial charge in [-0.2, -0.15) is 0 Å². The molecular formula is C10H12ClF2NO. The van der Waals surface area contributed by atoms with Crippen molar-refractivity contribution in [1.29, 1.82) is 0 Å². The van der Waals surface area contributed by atoms with E-state index in [9.17, 15) is 8.78 Å². The Morgan fingerprint density at radius 2 is 2.00 bits per heavy atom. The summed E-state index contributed by atoms with van der Waals surface area (Å²) in [6.45, 7) is 0.287. The van der Waals surface area contributed by atoms with E-state index >= 15 is 0 Å². The summed E-state index contributed by atoms with van der Waals surface area (Å²) in [5, 5.41) is 0. The first kappa shape index (κ1) is 12.2. The molecule has 0 radical (unpaired) electrons. The van der Waals surface area contributed by atoms with Gasteiger partial charge in [0, 0.05) is 6.07 Å². The topological polar surface area (TPSA) is 35.2 Å². The van der Waals surface area contributed by atoms with Gasteiger partial charge in [-0.1, -0.05) is 0 Å². The molecule has 1 aromatic carbocycles. The summed E-state index contributed by atoms with van der Waals surface area (Å²) in [5.41, 5.74) is 5.46. The minimum Gasteiger partial charge on any atom is -0.489 e. The molecule has 0 aromatic heterocycles. The van der Waals surface area contributed by atoms with E-state index in [2.05, 4.69) is 0 Å². The van der Waals surface area contributed by atoms with E-state index in [1.807, 2.05) is 0 Å². The molecule has 0 spiro atoms. The molecule has 2 nitrogen and oxygen atoms in total. The summed E-state index contributed by atoms with van der Waals surface area (Å²) >= 11 is 0. The van der Waals surface area contributed by atoms with Gasteiger partial charge in [-0.3, -0.25) is 0 Å². The van der Waals surface area contributed by atoms with Crippen molar-refractivity contribution in [2.24, 2.45) is 5.73 Å². The predicted molar refractivity (Wildman–Crippen MR) is 55.3 cm³/mol. The Morgan fingerprint density at radius 1 is 1.33 bits per heavy atom. The SMILES string of the molecule is Cl.NC1(COc2ccc(F)cc2F)CC1. The first-order valence-corrected chi connectivity index (χ1v) is 4.46. The van der Waals surface area contributed by atoms with E-state index in [1.54, 1.807) is 0 Å². The van der Waals surface area contributed by atoms with Crippen LogP contribution in [0.3, 0.4) is 0 Å². The molecule has 84 valence electrons. The van der Waals surface area contributed by atoms with Gasteiger partial charge in [-0.25, -0.2) is 8.78 Å². The Bertz CT molecular complexity index is 355. The maximum atomic E-state index is 13.0. The Labute approximate surface area is 92.8 Å². The molecule has 0 unspecified atom stereocenters. The second kappa shape index (κ2) is 4.33. The predicted octanol–water partition coefficient (Wildman–Crippen LogP) is 2.26. The smallest absolute Gasteiger partial charge is 0.167 e.